The van der Waals surface area contributed by atoms with Crippen molar-refractivity contribution in [1.82, 2.24) is 15.5 Å². The highest BCUT2D eigenvalue weighted by atomic mass is 16.2. The van der Waals surface area contributed by atoms with Gasteiger partial charge in [0.2, 0.25) is 5.91 Å². The van der Waals surface area contributed by atoms with E-state index in [0.29, 0.717) is 13.1 Å². The molecule has 1 aliphatic rings. The molecular weight excluding hydrogens is 350 g/mol. The van der Waals surface area contributed by atoms with Crippen LogP contribution in [0, 0.1) is 13.8 Å². The lowest BCUT2D eigenvalue weighted by molar-refractivity contribution is -0.122. The van der Waals surface area contributed by atoms with Crippen LogP contribution in [0.1, 0.15) is 39.9 Å². The van der Waals surface area contributed by atoms with Crippen LogP contribution < -0.4 is 10.6 Å². The van der Waals surface area contributed by atoms with E-state index in [9.17, 15) is 9.59 Å². The molecule has 5 heteroatoms. The molecule has 2 amide bonds. The van der Waals surface area contributed by atoms with Gasteiger partial charge in [-0.25, -0.2) is 0 Å². The molecule has 1 fully saturated rings. The first-order valence-corrected chi connectivity index (χ1v) is 9.93. The number of amides is 2. The highest BCUT2D eigenvalue weighted by molar-refractivity contribution is 5.95. The Morgan fingerprint density at radius 1 is 0.964 bits per heavy atom. The molecule has 1 saturated heterocycles. The molecule has 1 aliphatic heterocycles. The van der Waals surface area contributed by atoms with Crippen LogP contribution in [0.5, 0.6) is 0 Å². The van der Waals surface area contributed by atoms with Crippen molar-refractivity contribution < 1.29 is 9.59 Å². The number of piperidine rings is 1. The van der Waals surface area contributed by atoms with Gasteiger partial charge in [0.15, 0.2) is 0 Å². The minimum atomic E-state index is -0.00692. The maximum absolute atomic E-state index is 12.5. The van der Waals surface area contributed by atoms with Gasteiger partial charge in [-0.3, -0.25) is 14.5 Å². The van der Waals surface area contributed by atoms with Crippen molar-refractivity contribution in [2.24, 2.45) is 0 Å². The number of nitrogens with one attached hydrogen (secondary N) is 2. The van der Waals surface area contributed by atoms with Crippen LogP contribution in [0.15, 0.2) is 48.5 Å². The molecule has 2 aromatic rings. The second-order valence-electron chi connectivity index (χ2n) is 7.54. The summed E-state index contributed by atoms with van der Waals surface area (Å²) in [4.78, 5) is 26.9. The fourth-order valence-corrected chi connectivity index (χ4v) is 3.59. The summed E-state index contributed by atoms with van der Waals surface area (Å²) in [5.41, 5.74) is 4.06. The van der Waals surface area contributed by atoms with E-state index < -0.39 is 0 Å². The Bertz CT molecular complexity index is 826. The molecule has 148 valence electrons. The molecule has 0 spiro atoms. The van der Waals surface area contributed by atoms with E-state index in [1.807, 2.05) is 49.4 Å². The highest BCUT2D eigenvalue weighted by Crippen LogP contribution is 2.13. The largest absolute Gasteiger partial charge is 0.351 e. The van der Waals surface area contributed by atoms with E-state index >= 15 is 0 Å². The lowest BCUT2D eigenvalue weighted by atomic mass is 10.0. The van der Waals surface area contributed by atoms with Gasteiger partial charge in [0.05, 0.1) is 6.54 Å². The summed E-state index contributed by atoms with van der Waals surface area (Å²) >= 11 is 0. The first kappa shape index (κ1) is 20.1. The standard InChI is InChI=1S/C23H29N3O2/c1-17-7-3-5-9-19(17)15-24-22(27)16-26-13-11-20(12-14-26)25-23(28)21-10-6-4-8-18(21)2/h3-10,20H,11-16H2,1-2H3,(H,24,27)(H,25,28). The first-order chi connectivity index (χ1) is 13.5. The second-order valence-corrected chi connectivity index (χ2v) is 7.54. The van der Waals surface area contributed by atoms with Gasteiger partial charge in [-0.1, -0.05) is 42.5 Å². The van der Waals surface area contributed by atoms with Crippen LogP contribution in [-0.4, -0.2) is 42.4 Å². The first-order valence-electron chi connectivity index (χ1n) is 9.93. The number of carbonyl (C=O) groups excluding carboxylic acids is 2. The van der Waals surface area contributed by atoms with Crippen LogP contribution in [0.25, 0.3) is 0 Å². The Kier molecular flexibility index (Phi) is 6.82. The van der Waals surface area contributed by atoms with Gasteiger partial charge < -0.3 is 10.6 Å². The molecule has 0 bridgehead atoms. The van der Waals surface area contributed by atoms with Crippen LogP contribution in [0.4, 0.5) is 0 Å². The molecule has 2 N–H and O–H groups in total. The molecular formula is C23H29N3O2. The quantitative estimate of drug-likeness (QED) is 0.811. The molecule has 28 heavy (non-hydrogen) atoms. The monoisotopic (exact) mass is 379 g/mol. The van der Waals surface area contributed by atoms with E-state index in [-0.39, 0.29) is 17.9 Å². The minimum Gasteiger partial charge on any atom is -0.351 e. The Morgan fingerprint density at radius 2 is 1.61 bits per heavy atom. The number of hydrogen-bond acceptors (Lipinski definition) is 3. The SMILES string of the molecule is Cc1ccccc1CNC(=O)CN1CCC(NC(=O)c2ccccc2C)CC1. The molecule has 0 radical (unpaired) electrons. The maximum Gasteiger partial charge on any atom is 0.251 e. The molecule has 3 rings (SSSR count). The summed E-state index contributed by atoms with van der Waals surface area (Å²) < 4.78 is 0. The number of rotatable bonds is 6. The Hall–Kier alpha value is -2.66. The molecule has 0 aromatic heterocycles. The summed E-state index contributed by atoms with van der Waals surface area (Å²) in [5, 5.41) is 6.14. The normalized spacial score (nSPS) is 15.2. The van der Waals surface area contributed by atoms with E-state index in [4.69, 9.17) is 0 Å². The zero-order chi connectivity index (χ0) is 19.9. The van der Waals surface area contributed by atoms with Crippen molar-refractivity contribution in [2.45, 2.75) is 39.3 Å². The molecule has 1 heterocycles. The van der Waals surface area contributed by atoms with Gasteiger partial charge in [0.1, 0.15) is 0 Å². The van der Waals surface area contributed by atoms with Crippen LogP contribution in [0.2, 0.25) is 0 Å². The van der Waals surface area contributed by atoms with Gasteiger partial charge in [-0.2, -0.15) is 0 Å². The van der Waals surface area contributed by atoms with Crippen LogP contribution in [-0.2, 0) is 11.3 Å². The number of benzene rings is 2. The van der Waals surface area contributed by atoms with E-state index in [1.165, 1.54) is 5.56 Å². The predicted octanol–water partition coefficient (Wildman–Crippen LogP) is 2.81. The van der Waals surface area contributed by atoms with E-state index in [1.54, 1.807) is 0 Å². The lowest BCUT2D eigenvalue weighted by Gasteiger charge is -2.32. The summed E-state index contributed by atoms with van der Waals surface area (Å²) in [6, 6.07) is 15.9. The van der Waals surface area contributed by atoms with Crippen molar-refractivity contribution in [3.8, 4) is 0 Å². The number of nitrogens with zero attached hydrogens (tertiary/aromatic N) is 1. The van der Waals surface area contributed by atoms with Crippen LogP contribution >= 0.6 is 0 Å². The van der Waals surface area contributed by atoms with Gasteiger partial charge in [-0.15, -0.1) is 0 Å². The summed E-state index contributed by atoms with van der Waals surface area (Å²) in [6.07, 6.45) is 1.73. The number of carbonyl (C=O) groups is 2. The third kappa shape index (κ3) is 5.42. The smallest absolute Gasteiger partial charge is 0.251 e. The fraction of sp³-hybridized carbons (Fsp3) is 0.391. The van der Waals surface area contributed by atoms with E-state index in [2.05, 4.69) is 28.5 Å². The third-order valence-corrected chi connectivity index (χ3v) is 5.42. The summed E-state index contributed by atoms with van der Waals surface area (Å²) in [6.45, 7) is 6.61. The fourth-order valence-electron chi connectivity index (χ4n) is 3.59. The highest BCUT2D eigenvalue weighted by Gasteiger charge is 2.22. The van der Waals surface area contributed by atoms with Crippen molar-refractivity contribution >= 4 is 11.8 Å². The second kappa shape index (κ2) is 9.51. The van der Waals surface area contributed by atoms with Crippen molar-refractivity contribution in [1.29, 1.82) is 0 Å². The number of likely N-dealkylation sites (tertiary alicyclic amines) is 1. The molecule has 0 unspecified atom stereocenters. The average Bonchev–Trinajstić information content (AvgIpc) is 2.69. The van der Waals surface area contributed by atoms with Gasteiger partial charge in [0.25, 0.3) is 5.91 Å². The molecule has 0 atom stereocenters. The third-order valence-electron chi connectivity index (χ3n) is 5.42. The molecule has 0 saturated carbocycles. The Labute approximate surface area is 167 Å². The minimum absolute atomic E-state index is 0.00692. The molecule has 0 aliphatic carbocycles. The topological polar surface area (TPSA) is 61.4 Å². The Balaban J connectivity index is 1.40. The van der Waals surface area contributed by atoms with Crippen molar-refractivity contribution in [3.05, 3.63) is 70.8 Å². The zero-order valence-electron chi connectivity index (χ0n) is 16.7. The maximum atomic E-state index is 12.5. The van der Waals surface area contributed by atoms with Gasteiger partial charge in [-0.05, 0) is 49.4 Å². The zero-order valence-corrected chi connectivity index (χ0v) is 16.7. The van der Waals surface area contributed by atoms with E-state index in [0.717, 1.165) is 42.6 Å². The molecule has 2 aromatic carbocycles. The van der Waals surface area contributed by atoms with Crippen molar-refractivity contribution in [2.75, 3.05) is 19.6 Å². The predicted molar refractivity (Wildman–Crippen MR) is 111 cm³/mol. The van der Waals surface area contributed by atoms with Gasteiger partial charge >= 0.3 is 0 Å². The summed E-state index contributed by atoms with van der Waals surface area (Å²) in [5.74, 6) is 0.0400. The summed E-state index contributed by atoms with van der Waals surface area (Å²) in [7, 11) is 0. The number of hydrogen-bond donors (Lipinski definition) is 2. The van der Waals surface area contributed by atoms with Crippen LogP contribution in [0.3, 0.4) is 0 Å². The lowest BCUT2D eigenvalue weighted by Crippen LogP contribution is -2.47. The number of aryl methyl sites for hydroxylation is 2. The van der Waals surface area contributed by atoms with Crippen molar-refractivity contribution in [3.63, 3.8) is 0 Å². The molecule has 5 nitrogen and oxygen atoms in total. The van der Waals surface area contributed by atoms with Gasteiger partial charge in [0, 0.05) is 31.2 Å². The average molecular weight is 380 g/mol. The Morgan fingerprint density at radius 3 is 2.29 bits per heavy atom.